The Balaban J connectivity index is 1.66. The highest BCUT2D eigenvalue weighted by Gasteiger charge is 2.06. The van der Waals surface area contributed by atoms with Crippen molar-refractivity contribution >= 4 is 23.5 Å². The number of hydrogen-bond acceptors (Lipinski definition) is 5. The molecule has 160 valence electrons. The van der Waals surface area contributed by atoms with Gasteiger partial charge in [-0.3, -0.25) is 9.59 Å². The van der Waals surface area contributed by atoms with Gasteiger partial charge in [-0.2, -0.15) is 0 Å². The summed E-state index contributed by atoms with van der Waals surface area (Å²) in [6.07, 6.45) is 0. The molecule has 30 heavy (non-hydrogen) atoms. The first kappa shape index (κ1) is 22.5. The molecule has 0 aliphatic carbocycles. The summed E-state index contributed by atoms with van der Waals surface area (Å²) in [4.78, 5) is 35.3. The van der Waals surface area contributed by atoms with Crippen molar-refractivity contribution in [3.05, 3.63) is 54.1 Å². The van der Waals surface area contributed by atoms with Crippen LogP contribution in [0.3, 0.4) is 0 Å². The van der Waals surface area contributed by atoms with Gasteiger partial charge in [0.1, 0.15) is 11.5 Å². The minimum Gasteiger partial charge on any atom is -0.497 e. The summed E-state index contributed by atoms with van der Waals surface area (Å²) in [5.41, 5.74) is 1.08. The van der Waals surface area contributed by atoms with E-state index in [1.807, 2.05) is 6.92 Å². The van der Waals surface area contributed by atoms with Gasteiger partial charge in [0, 0.05) is 30.9 Å². The Labute approximate surface area is 175 Å². The lowest BCUT2D eigenvalue weighted by Crippen LogP contribution is -2.36. The van der Waals surface area contributed by atoms with Gasteiger partial charge in [0.15, 0.2) is 6.61 Å². The Kier molecular flexibility index (Phi) is 8.98. The SMILES string of the molecule is CCNC(=O)COc1ccc(NC(=O)NCCNC(=O)c2ccc(OC)cc2)cc1. The third-order valence-corrected chi connectivity index (χ3v) is 3.90. The van der Waals surface area contributed by atoms with E-state index in [0.717, 1.165) is 0 Å². The standard InChI is InChI=1S/C21H26N4O5/c1-3-22-19(26)14-30-18-10-6-16(7-11-18)25-21(28)24-13-12-23-20(27)15-4-8-17(29-2)9-5-15/h4-11H,3,12-14H2,1-2H3,(H,22,26)(H,23,27)(H2,24,25,28). The third kappa shape index (κ3) is 7.70. The minimum atomic E-state index is -0.398. The molecule has 2 rings (SSSR count). The van der Waals surface area contributed by atoms with Gasteiger partial charge in [-0.25, -0.2) is 4.79 Å². The zero-order chi connectivity index (χ0) is 21.8. The molecule has 9 heteroatoms. The Bertz CT molecular complexity index is 837. The molecule has 0 fully saturated rings. The second-order valence-electron chi connectivity index (χ2n) is 6.13. The normalized spacial score (nSPS) is 9.93. The number of amides is 4. The number of hydrogen-bond donors (Lipinski definition) is 4. The van der Waals surface area contributed by atoms with Gasteiger partial charge in [0.25, 0.3) is 11.8 Å². The minimum absolute atomic E-state index is 0.0661. The first-order chi connectivity index (χ1) is 14.5. The number of methoxy groups -OCH3 is 1. The summed E-state index contributed by atoms with van der Waals surface area (Å²) in [5.74, 6) is 0.765. The zero-order valence-electron chi connectivity index (χ0n) is 17.0. The first-order valence-electron chi connectivity index (χ1n) is 9.48. The number of carbonyl (C=O) groups is 3. The van der Waals surface area contributed by atoms with E-state index in [0.29, 0.717) is 29.3 Å². The monoisotopic (exact) mass is 414 g/mol. The molecule has 0 radical (unpaired) electrons. The molecule has 4 N–H and O–H groups in total. The molecule has 0 saturated carbocycles. The summed E-state index contributed by atoms with van der Waals surface area (Å²) in [5, 5.41) is 10.7. The largest absolute Gasteiger partial charge is 0.497 e. The van der Waals surface area contributed by atoms with Crippen molar-refractivity contribution in [2.24, 2.45) is 0 Å². The van der Waals surface area contributed by atoms with Crippen LogP contribution in [0.15, 0.2) is 48.5 Å². The lowest BCUT2D eigenvalue weighted by atomic mass is 10.2. The van der Waals surface area contributed by atoms with Crippen LogP contribution in [0.4, 0.5) is 10.5 Å². The van der Waals surface area contributed by atoms with E-state index >= 15 is 0 Å². The van der Waals surface area contributed by atoms with Crippen LogP contribution in [0.2, 0.25) is 0 Å². The van der Waals surface area contributed by atoms with Gasteiger partial charge in [0.2, 0.25) is 0 Å². The van der Waals surface area contributed by atoms with Gasteiger partial charge in [-0.15, -0.1) is 0 Å². The lowest BCUT2D eigenvalue weighted by molar-refractivity contribution is -0.122. The third-order valence-electron chi connectivity index (χ3n) is 3.90. The molecule has 0 spiro atoms. The number of nitrogens with one attached hydrogen (secondary N) is 4. The van der Waals surface area contributed by atoms with Crippen LogP contribution >= 0.6 is 0 Å². The molecule has 0 bridgehead atoms. The zero-order valence-corrected chi connectivity index (χ0v) is 17.0. The van der Waals surface area contributed by atoms with Gasteiger partial charge in [-0.05, 0) is 55.5 Å². The predicted molar refractivity (Wildman–Crippen MR) is 113 cm³/mol. The summed E-state index contributed by atoms with van der Waals surface area (Å²) in [7, 11) is 1.56. The number of urea groups is 1. The molecular formula is C21H26N4O5. The quantitative estimate of drug-likeness (QED) is 0.442. The average Bonchev–Trinajstić information content (AvgIpc) is 2.76. The van der Waals surface area contributed by atoms with Crippen LogP contribution in [-0.4, -0.2) is 51.2 Å². The van der Waals surface area contributed by atoms with Crippen LogP contribution in [0.1, 0.15) is 17.3 Å². The maximum atomic E-state index is 12.0. The highest BCUT2D eigenvalue weighted by molar-refractivity contribution is 5.94. The van der Waals surface area contributed by atoms with Gasteiger partial charge >= 0.3 is 6.03 Å². The average molecular weight is 414 g/mol. The highest BCUT2D eigenvalue weighted by Crippen LogP contribution is 2.15. The van der Waals surface area contributed by atoms with Gasteiger partial charge in [0.05, 0.1) is 7.11 Å². The highest BCUT2D eigenvalue weighted by atomic mass is 16.5. The van der Waals surface area contributed by atoms with Crippen molar-refractivity contribution in [1.82, 2.24) is 16.0 Å². The molecule has 2 aromatic carbocycles. The fraction of sp³-hybridized carbons (Fsp3) is 0.286. The maximum Gasteiger partial charge on any atom is 0.319 e. The van der Waals surface area contributed by atoms with E-state index in [4.69, 9.17) is 9.47 Å². The number of ether oxygens (including phenoxy) is 2. The smallest absolute Gasteiger partial charge is 0.319 e. The summed E-state index contributed by atoms with van der Waals surface area (Å²) < 4.78 is 10.4. The van der Waals surface area contributed by atoms with E-state index in [1.54, 1.807) is 55.6 Å². The van der Waals surface area contributed by atoms with E-state index in [-0.39, 0.29) is 31.5 Å². The summed E-state index contributed by atoms with van der Waals surface area (Å²) in [6, 6.07) is 13.0. The number of benzene rings is 2. The molecule has 0 heterocycles. The molecule has 4 amide bonds. The Morgan fingerprint density at radius 1 is 0.833 bits per heavy atom. The van der Waals surface area contributed by atoms with Crippen LogP contribution in [0, 0.1) is 0 Å². The number of anilines is 1. The summed E-state index contributed by atoms with van der Waals surface area (Å²) >= 11 is 0. The molecule has 2 aromatic rings. The number of rotatable bonds is 10. The number of carbonyl (C=O) groups excluding carboxylic acids is 3. The van der Waals surface area contributed by atoms with Crippen LogP contribution in [0.25, 0.3) is 0 Å². The van der Waals surface area contributed by atoms with E-state index < -0.39 is 6.03 Å². The van der Waals surface area contributed by atoms with Crippen molar-refractivity contribution < 1.29 is 23.9 Å². The molecule has 0 atom stereocenters. The van der Waals surface area contributed by atoms with Crippen molar-refractivity contribution in [3.8, 4) is 11.5 Å². The molecule has 0 saturated heterocycles. The summed E-state index contributed by atoms with van der Waals surface area (Å²) in [6.45, 7) is 2.86. The molecule has 0 aliphatic rings. The molecule has 9 nitrogen and oxygen atoms in total. The van der Waals surface area contributed by atoms with Crippen molar-refractivity contribution in [3.63, 3.8) is 0 Å². The van der Waals surface area contributed by atoms with Crippen LogP contribution in [0.5, 0.6) is 11.5 Å². The van der Waals surface area contributed by atoms with E-state index in [2.05, 4.69) is 21.3 Å². The molecular weight excluding hydrogens is 388 g/mol. The maximum absolute atomic E-state index is 12.0. The molecule has 0 aliphatic heterocycles. The second kappa shape index (κ2) is 11.9. The Morgan fingerprint density at radius 2 is 1.47 bits per heavy atom. The fourth-order valence-corrected chi connectivity index (χ4v) is 2.40. The van der Waals surface area contributed by atoms with Crippen molar-refractivity contribution in [1.29, 1.82) is 0 Å². The van der Waals surface area contributed by atoms with E-state index in [9.17, 15) is 14.4 Å². The number of likely N-dealkylation sites (N-methyl/N-ethyl adjacent to an activating group) is 1. The Morgan fingerprint density at radius 3 is 2.10 bits per heavy atom. The van der Waals surface area contributed by atoms with Gasteiger partial charge in [-0.1, -0.05) is 0 Å². The van der Waals surface area contributed by atoms with E-state index in [1.165, 1.54) is 0 Å². The van der Waals surface area contributed by atoms with Crippen molar-refractivity contribution in [2.45, 2.75) is 6.92 Å². The van der Waals surface area contributed by atoms with Crippen LogP contribution < -0.4 is 30.7 Å². The second-order valence-corrected chi connectivity index (χ2v) is 6.13. The van der Waals surface area contributed by atoms with Crippen molar-refractivity contribution in [2.75, 3.05) is 38.7 Å². The Hall–Kier alpha value is -3.75. The van der Waals surface area contributed by atoms with Gasteiger partial charge < -0.3 is 30.7 Å². The predicted octanol–water partition coefficient (Wildman–Crippen LogP) is 1.76. The lowest BCUT2D eigenvalue weighted by Gasteiger charge is -2.10. The molecule has 0 aromatic heterocycles. The van der Waals surface area contributed by atoms with Crippen LogP contribution in [-0.2, 0) is 4.79 Å². The molecule has 0 unspecified atom stereocenters. The first-order valence-corrected chi connectivity index (χ1v) is 9.48. The fourth-order valence-electron chi connectivity index (χ4n) is 2.40. The topological polar surface area (TPSA) is 118 Å².